The molecule has 1 unspecified atom stereocenters. The number of fused-ring (bicyclic) bond motifs is 2. The zero-order valence-electron chi connectivity index (χ0n) is 11.9. The van der Waals surface area contributed by atoms with E-state index >= 15 is 0 Å². The Bertz CT molecular complexity index is 604. The number of benzene rings is 2. The van der Waals surface area contributed by atoms with E-state index in [9.17, 15) is 0 Å². The summed E-state index contributed by atoms with van der Waals surface area (Å²) in [6, 6.07) is 20.1. The fraction of sp³-hybridized carbons (Fsp3) is 0.368. The second-order valence-corrected chi connectivity index (χ2v) is 6.13. The first-order valence-electron chi connectivity index (χ1n) is 7.81. The van der Waals surface area contributed by atoms with Crippen LogP contribution in [0.5, 0.6) is 0 Å². The van der Waals surface area contributed by atoms with Gasteiger partial charge in [0.1, 0.15) is 0 Å². The molecule has 0 aromatic heterocycles. The van der Waals surface area contributed by atoms with Gasteiger partial charge in [-0.3, -0.25) is 0 Å². The molecule has 1 nitrogen and oxygen atoms in total. The molecule has 1 heterocycles. The Morgan fingerprint density at radius 2 is 1.55 bits per heavy atom. The maximum absolute atomic E-state index is 2.67. The van der Waals surface area contributed by atoms with Crippen LogP contribution in [-0.4, -0.2) is 6.54 Å². The first-order valence-corrected chi connectivity index (χ1v) is 7.81. The summed E-state index contributed by atoms with van der Waals surface area (Å²) < 4.78 is 0. The van der Waals surface area contributed by atoms with Gasteiger partial charge in [-0.25, -0.2) is 0 Å². The van der Waals surface area contributed by atoms with Gasteiger partial charge in [0.15, 0.2) is 0 Å². The number of hydrogen-bond donors (Lipinski definition) is 0. The molecule has 1 atom stereocenters. The molecule has 1 spiro atoms. The molecule has 1 saturated heterocycles. The van der Waals surface area contributed by atoms with Crippen molar-refractivity contribution in [1.29, 1.82) is 0 Å². The molecule has 0 radical (unpaired) electrons. The molecule has 0 saturated carbocycles. The third kappa shape index (κ3) is 1.69. The van der Waals surface area contributed by atoms with Crippen LogP contribution in [0.2, 0.25) is 0 Å². The van der Waals surface area contributed by atoms with E-state index in [1.165, 1.54) is 44.3 Å². The van der Waals surface area contributed by atoms with E-state index in [2.05, 4.69) is 59.5 Å². The topological polar surface area (TPSA) is 3.24 Å². The first kappa shape index (κ1) is 12.0. The van der Waals surface area contributed by atoms with Crippen molar-refractivity contribution in [3.63, 3.8) is 0 Å². The molecule has 2 aliphatic rings. The summed E-state index contributed by atoms with van der Waals surface area (Å²) in [5.74, 6) is 0. The minimum Gasteiger partial charge on any atom is -0.362 e. The third-order valence-corrected chi connectivity index (χ3v) is 5.11. The number of aryl methyl sites for hydroxylation is 1. The lowest BCUT2D eigenvalue weighted by atomic mass is 9.74. The van der Waals surface area contributed by atoms with E-state index in [4.69, 9.17) is 0 Å². The Morgan fingerprint density at radius 1 is 0.800 bits per heavy atom. The van der Waals surface area contributed by atoms with Gasteiger partial charge in [0.2, 0.25) is 0 Å². The van der Waals surface area contributed by atoms with Crippen LogP contribution in [0, 0.1) is 0 Å². The van der Waals surface area contributed by atoms with Crippen LogP contribution in [0.25, 0.3) is 0 Å². The highest BCUT2D eigenvalue weighted by Gasteiger charge is 2.44. The standard InChI is InChI=1S/C19H21N/c1-2-10-17(11-3-1)20-15-7-14-19(20)13-6-9-16-8-4-5-12-18(16)19/h1-5,8,10-12H,6-7,9,13-15H2. The SMILES string of the molecule is c1ccc(N2CCCC23CCCc2ccccc23)cc1. The van der Waals surface area contributed by atoms with Gasteiger partial charge in [-0.05, 0) is 55.4 Å². The number of anilines is 1. The Kier molecular flexibility index (Phi) is 2.80. The second-order valence-electron chi connectivity index (χ2n) is 6.13. The van der Waals surface area contributed by atoms with Gasteiger partial charge in [-0.15, -0.1) is 0 Å². The average molecular weight is 263 g/mol. The predicted octanol–water partition coefficient (Wildman–Crippen LogP) is 4.52. The average Bonchev–Trinajstić information content (AvgIpc) is 2.93. The van der Waals surface area contributed by atoms with Gasteiger partial charge in [0.05, 0.1) is 5.54 Å². The minimum absolute atomic E-state index is 0.260. The molecule has 4 rings (SSSR count). The van der Waals surface area contributed by atoms with Crippen molar-refractivity contribution >= 4 is 5.69 Å². The number of para-hydroxylation sites is 1. The van der Waals surface area contributed by atoms with Crippen LogP contribution >= 0.6 is 0 Å². The lowest BCUT2D eigenvalue weighted by Crippen LogP contribution is -2.43. The molecule has 1 fully saturated rings. The lowest BCUT2D eigenvalue weighted by molar-refractivity contribution is 0.372. The Morgan fingerprint density at radius 3 is 2.45 bits per heavy atom. The van der Waals surface area contributed by atoms with E-state index in [0.717, 1.165) is 0 Å². The van der Waals surface area contributed by atoms with Crippen LogP contribution < -0.4 is 4.90 Å². The molecule has 0 amide bonds. The minimum atomic E-state index is 0.260. The zero-order chi connectivity index (χ0) is 13.4. The largest absolute Gasteiger partial charge is 0.362 e. The van der Waals surface area contributed by atoms with Crippen molar-refractivity contribution in [3.8, 4) is 0 Å². The summed E-state index contributed by atoms with van der Waals surface area (Å²) in [6.45, 7) is 1.19. The van der Waals surface area contributed by atoms with Crippen LogP contribution in [0.15, 0.2) is 54.6 Å². The highest BCUT2D eigenvalue weighted by atomic mass is 15.2. The van der Waals surface area contributed by atoms with Crippen LogP contribution in [-0.2, 0) is 12.0 Å². The fourth-order valence-corrected chi connectivity index (χ4v) is 4.30. The summed E-state index contributed by atoms with van der Waals surface area (Å²) in [5, 5.41) is 0. The Hall–Kier alpha value is -1.76. The van der Waals surface area contributed by atoms with Gasteiger partial charge < -0.3 is 4.90 Å². The quantitative estimate of drug-likeness (QED) is 0.731. The van der Waals surface area contributed by atoms with Gasteiger partial charge in [0.25, 0.3) is 0 Å². The van der Waals surface area contributed by atoms with Gasteiger partial charge in [-0.1, -0.05) is 42.5 Å². The number of hydrogen-bond acceptors (Lipinski definition) is 1. The van der Waals surface area contributed by atoms with Crippen molar-refractivity contribution in [2.45, 2.75) is 37.6 Å². The summed E-state index contributed by atoms with van der Waals surface area (Å²) in [6.07, 6.45) is 6.49. The smallest absolute Gasteiger partial charge is 0.0657 e. The predicted molar refractivity (Wildman–Crippen MR) is 84.1 cm³/mol. The van der Waals surface area contributed by atoms with Crippen molar-refractivity contribution in [1.82, 2.24) is 0 Å². The highest BCUT2D eigenvalue weighted by Crippen LogP contribution is 2.48. The summed E-state index contributed by atoms with van der Waals surface area (Å²) in [5.41, 5.74) is 4.81. The second kappa shape index (κ2) is 4.66. The molecule has 1 heteroatoms. The Labute approximate surface area is 121 Å². The molecule has 20 heavy (non-hydrogen) atoms. The summed E-state index contributed by atoms with van der Waals surface area (Å²) in [7, 11) is 0. The summed E-state index contributed by atoms with van der Waals surface area (Å²) in [4.78, 5) is 2.67. The van der Waals surface area contributed by atoms with E-state index < -0.39 is 0 Å². The molecule has 1 aliphatic carbocycles. The monoisotopic (exact) mass is 263 g/mol. The molecule has 1 aliphatic heterocycles. The number of rotatable bonds is 1. The molecular weight excluding hydrogens is 242 g/mol. The van der Waals surface area contributed by atoms with Gasteiger partial charge in [-0.2, -0.15) is 0 Å². The van der Waals surface area contributed by atoms with Crippen molar-refractivity contribution in [3.05, 3.63) is 65.7 Å². The molecule has 0 N–H and O–H groups in total. The zero-order valence-corrected chi connectivity index (χ0v) is 11.9. The first-order chi connectivity index (χ1) is 9.90. The molecular formula is C19H21N. The van der Waals surface area contributed by atoms with E-state index in [-0.39, 0.29) is 5.54 Å². The highest BCUT2D eigenvalue weighted by molar-refractivity contribution is 5.54. The van der Waals surface area contributed by atoms with E-state index in [1.807, 2.05) is 0 Å². The number of nitrogens with zero attached hydrogens (tertiary/aromatic N) is 1. The Balaban J connectivity index is 1.84. The maximum atomic E-state index is 2.67. The van der Waals surface area contributed by atoms with Crippen molar-refractivity contribution in [2.75, 3.05) is 11.4 Å². The molecule has 2 aromatic carbocycles. The lowest BCUT2D eigenvalue weighted by Gasteiger charge is -2.44. The molecule has 0 bridgehead atoms. The summed E-state index contributed by atoms with van der Waals surface area (Å²) >= 11 is 0. The van der Waals surface area contributed by atoms with Crippen LogP contribution in [0.3, 0.4) is 0 Å². The van der Waals surface area contributed by atoms with Crippen LogP contribution in [0.1, 0.15) is 36.8 Å². The van der Waals surface area contributed by atoms with Crippen molar-refractivity contribution in [2.24, 2.45) is 0 Å². The van der Waals surface area contributed by atoms with E-state index in [1.54, 1.807) is 11.1 Å². The van der Waals surface area contributed by atoms with Gasteiger partial charge >= 0.3 is 0 Å². The van der Waals surface area contributed by atoms with Crippen molar-refractivity contribution < 1.29 is 0 Å². The molecule has 102 valence electrons. The molecule has 2 aromatic rings. The fourth-order valence-electron chi connectivity index (χ4n) is 4.30. The third-order valence-electron chi connectivity index (χ3n) is 5.11. The van der Waals surface area contributed by atoms with Crippen LogP contribution in [0.4, 0.5) is 5.69 Å². The normalized spacial score (nSPS) is 24.9. The van der Waals surface area contributed by atoms with E-state index in [0.29, 0.717) is 0 Å². The van der Waals surface area contributed by atoms with Gasteiger partial charge in [0, 0.05) is 12.2 Å². The maximum Gasteiger partial charge on any atom is 0.0657 e.